The second-order valence-corrected chi connectivity index (χ2v) is 3.17. The molecule has 1 aliphatic carbocycles. The van der Waals surface area contributed by atoms with E-state index < -0.39 is 18.2 Å². The summed E-state index contributed by atoms with van der Waals surface area (Å²) in [5.74, 6) is -1.68. The lowest BCUT2D eigenvalue weighted by atomic mass is 9.93. The molecule has 5 heteroatoms. The third-order valence-corrected chi connectivity index (χ3v) is 2.34. The van der Waals surface area contributed by atoms with Gasteiger partial charge >= 0.3 is 11.9 Å². The lowest BCUT2D eigenvalue weighted by Crippen LogP contribution is -2.11. The molecule has 0 bridgehead atoms. The number of rotatable bonds is 1. The number of carboxylic acid groups (broad SMARTS) is 1. The molecule has 0 amide bonds. The normalized spacial score (nSPS) is 25.6. The number of carboxylic acids is 1. The zero-order chi connectivity index (χ0) is 10.3. The number of ether oxygens (including phenoxy) is 1. The molecule has 0 saturated heterocycles. The molecule has 74 valence electrons. The molecule has 0 aromatic heterocycles. The van der Waals surface area contributed by atoms with E-state index in [-0.39, 0.29) is 11.1 Å². The maximum absolute atomic E-state index is 11.1. The molecule has 5 nitrogen and oxygen atoms in total. The van der Waals surface area contributed by atoms with Gasteiger partial charge in [-0.15, -0.1) is 0 Å². The number of hydrogen-bond acceptors (Lipinski definition) is 4. The summed E-state index contributed by atoms with van der Waals surface area (Å²) in [5.41, 5.74) is 0.857. The topological polar surface area (TPSA) is 83.8 Å². The number of hydrogen-bond donors (Lipinski definition) is 2. The fourth-order valence-electron chi connectivity index (χ4n) is 1.59. The summed E-state index contributed by atoms with van der Waals surface area (Å²) in [7, 11) is 0. The van der Waals surface area contributed by atoms with Crippen molar-refractivity contribution in [1.82, 2.24) is 0 Å². The zero-order valence-corrected chi connectivity index (χ0v) is 7.19. The van der Waals surface area contributed by atoms with Crippen LogP contribution in [0.15, 0.2) is 22.8 Å². The molecule has 0 aromatic carbocycles. The van der Waals surface area contributed by atoms with Gasteiger partial charge in [0.1, 0.15) is 0 Å². The lowest BCUT2D eigenvalue weighted by Gasteiger charge is -2.11. The van der Waals surface area contributed by atoms with Crippen LogP contribution in [0.25, 0.3) is 0 Å². The summed E-state index contributed by atoms with van der Waals surface area (Å²) in [6.07, 6.45) is 0.770. The van der Waals surface area contributed by atoms with Crippen LogP contribution in [0.4, 0.5) is 0 Å². The van der Waals surface area contributed by atoms with Crippen LogP contribution in [0.3, 0.4) is 0 Å². The van der Waals surface area contributed by atoms with Crippen LogP contribution in [0.2, 0.25) is 0 Å². The Morgan fingerprint density at radius 3 is 2.86 bits per heavy atom. The molecule has 1 atom stereocenters. The Morgan fingerprint density at radius 1 is 1.50 bits per heavy atom. The molecular formula is C9H8O5. The van der Waals surface area contributed by atoms with Gasteiger partial charge in [0.15, 0.2) is 0 Å². The quantitative estimate of drug-likeness (QED) is 0.575. The van der Waals surface area contributed by atoms with E-state index in [1.807, 2.05) is 0 Å². The van der Waals surface area contributed by atoms with E-state index >= 15 is 0 Å². The van der Waals surface area contributed by atoms with Crippen molar-refractivity contribution in [3.63, 3.8) is 0 Å². The van der Waals surface area contributed by atoms with Gasteiger partial charge in [-0.3, -0.25) is 0 Å². The second-order valence-electron chi connectivity index (χ2n) is 3.17. The van der Waals surface area contributed by atoms with E-state index in [2.05, 4.69) is 4.74 Å². The average Bonchev–Trinajstić information content (AvgIpc) is 2.42. The van der Waals surface area contributed by atoms with Crippen molar-refractivity contribution in [2.75, 3.05) is 0 Å². The molecule has 0 fully saturated rings. The predicted octanol–water partition coefficient (Wildman–Crippen LogP) is -0.0370. The van der Waals surface area contributed by atoms with Crippen LogP contribution in [0, 0.1) is 0 Å². The Balaban J connectivity index is 2.39. The Morgan fingerprint density at radius 2 is 2.21 bits per heavy atom. The molecular weight excluding hydrogens is 188 g/mol. The van der Waals surface area contributed by atoms with E-state index in [4.69, 9.17) is 5.11 Å². The molecule has 14 heavy (non-hydrogen) atoms. The molecule has 1 aliphatic heterocycles. The first-order chi connectivity index (χ1) is 6.59. The van der Waals surface area contributed by atoms with Gasteiger partial charge in [-0.25, -0.2) is 9.59 Å². The highest BCUT2D eigenvalue weighted by molar-refractivity contribution is 5.99. The van der Waals surface area contributed by atoms with Gasteiger partial charge in [-0.2, -0.15) is 0 Å². The Kier molecular flexibility index (Phi) is 1.89. The molecule has 0 radical (unpaired) electrons. The van der Waals surface area contributed by atoms with E-state index in [0.717, 1.165) is 0 Å². The van der Waals surface area contributed by atoms with Crippen LogP contribution >= 0.6 is 0 Å². The van der Waals surface area contributed by atoms with Crippen LogP contribution in [0.5, 0.6) is 0 Å². The first-order valence-corrected chi connectivity index (χ1v) is 4.15. The minimum Gasteiger partial charge on any atom is -0.478 e. The van der Waals surface area contributed by atoms with Crippen LogP contribution in [0.1, 0.15) is 12.8 Å². The summed E-state index contributed by atoms with van der Waals surface area (Å²) in [5, 5.41) is 17.9. The molecule has 1 heterocycles. The minimum atomic E-state index is -1.19. The Hall–Kier alpha value is -1.62. The number of esters is 1. The fraction of sp³-hybridized carbons (Fsp3) is 0.333. The summed E-state index contributed by atoms with van der Waals surface area (Å²) in [6.45, 7) is 0. The highest BCUT2D eigenvalue weighted by atomic mass is 16.6. The molecule has 2 rings (SSSR count). The van der Waals surface area contributed by atoms with Crippen molar-refractivity contribution in [1.29, 1.82) is 0 Å². The molecule has 0 aromatic rings. The van der Waals surface area contributed by atoms with Gasteiger partial charge in [0.05, 0.1) is 5.57 Å². The predicted molar refractivity (Wildman–Crippen MR) is 44.1 cm³/mol. The van der Waals surface area contributed by atoms with Crippen molar-refractivity contribution in [2.45, 2.75) is 19.1 Å². The van der Waals surface area contributed by atoms with Crippen molar-refractivity contribution in [3.05, 3.63) is 22.8 Å². The third-order valence-electron chi connectivity index (χ3n) is 2.34. The average molecular weight is 196 g/mol. The summed E-state index contributed by atoms with van der Waals surface area (Å²) in [4.78, 5) is 21.7. The second kappa shape index (κ2) is 2.95. The van der Waals surface area contributed by atoms with E-state index in [0.29, 0.717) is 18.4 Å². The highest BCUT2D eigenvalue weighted by Crippen LogP contribution is 2.32. The van der Waals surface area contributed by atoms with Crippen molar-refractivity contribution in [3.8, 4) is 0 Å². The molecule has 2 aliphatic rings. The van der Waals surface area contributed by atoms with Gasteiger partial charge in [0.2, 0.25) is 6.29 Å². The maximum Gasteiger partial charge on any atom is 0.340 e. The number of aliphatic hydroxyl groups is 1. The number of cyclic esters (lactones) is 1. The van der Waals surface area contributed by atoms with Gasteiger partial charge in [0.25, 0.3) is 0 Å². The fourth-order valence-corrected chi connectivity index (χ4v) is 1.59. The minimum absolute atomic E-state index is 0.176. The van der Waals surface area contributed by atoms with E-state index in [9.17, 15) is 14.7 Å². The highest BCUT2D eigenvalue weighted by Gasteiger charge is 2.34. The standard InChI is InChI=1S/C9H8O5/c10-7(11)4-1-2-5-6(3-4)9(13)14-8(5)12/h3,8,12H,1-2H2,(H,10,11)/t8-/m0/s1. The lowest BCUT2D eigenvalue weighted by molar-refractivity contribution is -0.151. The summed E-state index contributed by atoms with van der Waals surface area (Å²) < 4.78 is 4.54. The number of aliphatic carboxylic acids is 1. The monoisotopic (exact) mass is 196 g/mol. The first kappa shape index (κ1) is 8.96. The van der Waals surface area contributed by atoms with E-state index in [1.54, 1.807) is 0 Å². The maximum atomic E-state index is 11.1. The first-order valence-electron chi connectivity index (χ1n) is 4.15. The van der Waals surface area contributed by atoms with Crippen LogP contribution < -0.4 is 0 Å². The summed E-state index contributed by atoms with van der Waals surface area (Å²) in [6, 6.07) is 0. The van der Waals surface area contributed by atoms with Crippen LogP contribution in [-0.4, -0.2) is 28.4 Å². The van der Waals surface area contributed by atoms with Gasteiger partial charge in [-0.1, -0.05) is 0 Å². The molecule has 0 spiro atoms. The number of aliphatic hydroxyl groups excluding tert-OH is 1. The van der Waals surface area contributed by atoms with Crippen molar-refractivity contribution in [2.24, 2.45) is 0 Å². The third kappa shape index (κ3) is 1.22. The van der Waals surface area contributed by atoms with Crippen molar-refractivity contribution >= 4 is 11.9 Å². The molecule has 2 N–H and O–H groups in total. The van der Waals surface area contributed by atoms with Gasteiger partial charge in [-0.05, 0) is 18.9 Å². The Bertz CT molecular complexity index is 377. The van der Waals surface area contributed by atoms with Gasteiger partial charge in [0, 0.05) is 11.1 Å². The van der Waals surface area contributed by atoms with Gasteiger partial charge < -0.3 is 14.9 Å². The largest absolute Gasteiger partial charge is 0.478 e. The zero-order valence-electron chi connectivity index (χ0n) is 7.19. The molecule has 0 unspecified atom stereocenters. The van der Waals surface area contributed by atoms with Crippen LogP contribution in [-0.2, 0) is 14.3 Å². The van der Waals surface area contributed by atoms with Crippen molar-refractivity contribution < 1.29 is 24.5 Å². The SMILES string of the molecule is O=C(O)C1=CC2=C(CC1)[C@@H](O)OC2=O. The molecule has 0 saturated carbocycles. The smallest absolute Gasteiger partial charge is 0.340 e. The number of carbonyl (C=O) groups excluding carboxylic acids is 1. The Labute approximate surface area is 79.3 Å². The number of carbonyl (C=O) groups is 2. The summed E-state index contributed by atoms with van der Waals surface area (Å²) >= 11 is 0. The van der Waals surface area contributed by atoms with E-state index in [1.165, 1.54) is 6.08 Å².